The van der Waals surface area contributed by atoms with Gasteiger partial charge in [0.25, 0.3) is 0 Å². The molecule has 19 N–H and O–H groups in total. The SMILES string of the molecule is CNC(=O)CCCCCNCCCCCN(CCC(=O)NC)CCC(=O)NC.CNC(=O)CCCCCNCCN(CCC(=O)NC)CCN(CCC(=O)NC)CCC(=O)NC.CNC(=O)CCN(CCCCCNCCN(CCC(=O)NC)CCC(=O)NC)CCC(=O)NC.CNC(=O)CCNCCN(CCCCCN(CCC(=O)NC)CCC(=O)NC)CCC(=O)NC. The van der Waals surface area contributed by atoms with E-state index in [9.17, 15) is 71.9 Å². The number of unbranched alkanes of at least 4 members (excludes halogenated alkanes) is 10. The monoisotopic (exact) mass is 1860 g/mol. The van der Waals surface area contributed by atoms with Gasteiger partial charge in [0.05, 0.1) is 0 Å². The minimum atomic E-state index is -0.0269. The molecule has 0 rings (SSSR count). The lowest BCUT2D eigenvalue weighted by Gasteiger charge is -2.27. The van der Waals surface area contributed by atoms with Gasteiger partial charge in [-0.3, -0.25) is 71.9 Å². The van der Waals surface area contributed by atoms with Crippen LogP contribution in [-0.4, -0.2) is 418 Å². The average molecular weight is 1860 g/mol. The van der Waals surface area contributed by atoms with Crippen LogP contribution < -0.4 is 101 Å². The van der Waals surface area contributed by atoms with E-state index in [1.807, 2.05) is 0 Å². The molecule has 0 unspecified atom stereocenters. The van der Waals surface area contributed by atoms with Gasteiger partial charge in [-0.25, -0.2) is 0 Å². The van der Waals surface area contributed by atoms with E-state index in [4.69, 9.17) is 0 Å². The molecule has 0 aromatic carbocycles. The van der Waals surface area contributed by atoms with Crippen molar-refractivity contribution in [3.63, 3.8) is 0 Å². The van der Waals surface area contributed by atoms with Crippen LogP contribution in [0.4, 0.5) is 0 Å². The number of carbonyl (C=O) groups is 15. The summed E-state index contributed by atoms with van der Waals surface area (Å²) in [7, 11) is 24.5. The van der Waals surface area contributed by atoms with E-state index < -0.39 is 0 Å². The molecule has 0 heterocycles. The van der Waals surface area contributed by atoms with Gasteiger partial charge in [-0.15, -0.1) is 0 Å². The van der Waals surface area contributed by atoms with Gasteiger partial charge < -0.3 is 135 Å². The molecule has 15 amide bonds. The summed E-state index contributed by atoms with van der Waals surface area (Å²) in [5.41, 5.74) is 0. The molecule has 41 heteroatoms. The molecule has 758 valence electrons. The van der Waals surface area contributed by atoms with Gasteiger partial charge >= 0.3 is 0 Å². The standard InChI is InChI=1S/3C23H47N7O4.C20H41N5O3/c1-24-20(31)8-12-28-13-19-30(18-11-23(34)27-4)15-7-5-6-14-29(16-9-21(32)25-2)17-10-22(33)26-3;1-24-20(31)8-15-29(16-9-21(32)25-2)14-7-5-6-12-28-13-19-30(17-10-22(33)26-3)18-11-23(34)27-4;1-24-20(31)8-6-5-7-12-28-13-17-30(16-11-23(34)27-4)19-18-29(14-9-21(32)25-2)15-10-22(33)26-3;1-21-18(26)10-6-4-7-13-24-14-8-5-9-15-25(16-11-19(27)22-2)17-12-20(28)23-3/h3*28H,5-19H2,1-4H3,(H,24,31)(H,25,32)(H,26,33)(H,27,34);24H,4-17H2,1-3H3,(H,21,26)(H,22,27)(H,23,28). The molecular formula is C89H182N26O15. The summed E-state index contributed by atoms with van der Waals surface area (Å²) in [6.07, 6.45) is 22.2. The first kappa shape index (κ1) is 128. The fourth-order valence-electron chi connectivity index (χ4n) is 12.8. The van der Waals surface area contributed by atoms with Crippen LogP contribution in [0.3, 0.4) is 0 Å². The lowest BCUT2D eigenvalue weighted by Crippen LogP contribution is -2.42. The minimum absolute atomic E-state index is 0.000587. The van der Waals surface area contributed by atoms with E-state index in [1.54, 1.807) is 106 Å². The first-order chi connectivity index (χ1) is 62.6. The number of rotatable bonds is 81. The number of nitrogens with one attached hydrogen (secondary N) is 19. The molecule has 0 saturated heterocycles. The summed E-state index contributed by atoms with van der Waals surface area (Å²) in [4.78, 5) is 188. The molecule has 41 nitrogen and oxygen atoms in total. The molecule has 130 heavy (non-hydrogen) atoms. The van der Waals surface area contributed by atoms with Crippen molar-refractivity contribution < 1.29 is 71.9 Å². The van der Waals surface area contributed by atoms with Crippen LogP contribution in [0.1, 0.15) is 193 Å². The van der Waals surface area contributed by atoms with Gasteiger partial charge in [-0.2, -0.15) is 0 Å². The molecule has 0 bridgehead atoms. The maximum atomic E-state index is 11.7. The second-order valence-electron chi connectivity index (χ2n) is 31.5. The molecule has 0 saturated carbocycles. The van der Waals surface area contributed by atoms with Crippen LogP contribution >= 0.6 is 0 Å². The molecule has 0 aromatic heterocycles. The van der Waals surface area contributed by atoms with E-state index in [1.165, 1.54) is 0 Å². The van der Waals surface area contributed by atoms with Crippen molar-refractivity contribution in [1.82, 2.24) is 135 Å². The number of carbonyl (C=O) groups excluding carboxylic acids is 15. The lowest BCUT2D eigenvalue weighted by molar-refractivity contribution is -0.122. The topological polar surface area (TPSA) is 507 Å². The van der Waals surface area contributed by atoms with Crippen LogP contribution in [0.5, 0.6) is 0 Å². The van der Waals surface area contributed by atoms with Crippen LogP contribution in [0.15, 0.2) is 0 Å². The Balaban J connectivity index is -0.000000816. The van der Waals surface area contributed by atoms with E-state index in [2.05, 4.69) is 135 Å². The highest BCUT2D eigenvalue weighted by molar-refractivity contribution is 5.80. The zero-order valence-corrected chi connectivity index (χ0v) is 83.0. The summed E-state index contributed by atoms with van der Waals surface area (Å²) < 4.78 is 0. The van der Waals surface area contributed by atoms with Crippen molar-refractivity contribution in [1.29, 1.82) is 0 Å². The zero-order chi connectivity index (χ0) is 97.9. The predicted molar refractivity (Wildman–Crippen MR) is 516 cm³/mol. The van der Waals surface area contributed by atoms with E-state index >= 15 is 0 Å². The lowest BCUT2D eigenvalue weighted by atomic mass is 10.2. The third-order valence-corrected chi connectivity index (χ3v) is 21.7. The average Bonchev–Trinajstić information content (AvgIpc) is 0.915. The third kappa shape index (κ3) is 87.6. The third-order valence-electron chi connectivity index (χ3n) is 21.7. The number of nitrogens with zero attached hydrogens (tertiary/aromatic N) is 7. The van der Waals surface area contributed by atoms with Gasteiger partial charge in [0, 0.05) is 339 Å². The Morgan fingerprint density at radius 3 is 0.469 bits per heavy atom. The molecule has 0 aliphatic heterocycles. The molecule has 0 fully saturated rings. The number of hydrogen-bond acceptors (Lipinski definition) is 26. The highest BCUT2D eigenvalue weighted by Gasteiger charge is 2.19. The van der Waals surface area contributed by atoms with Crippen molar-refractivity contribution >= 4 is 88.6 Å². The maximum absolute atomic E-state index is 11.7. The fourth-order valence-corrected chi connectivity index (χ4v) is 12.8. The molecule has 0 aliphatic carbocycles. The van der Waals surface area contributed by atoms with Crippen molar-refractivity contribution in [3.8, 4) is 0 Å². The van der Waals surface area contributed by atoms with Crippen LogP contribution in [-0.2, 0) is 71.9 Å². The maximum Gasteiger partial charge on any atom is 0.221 e. The smallest absolute Gasteiger partial charge is 0.221 e. The highest BCUT2D eigenvalue weighted by Crippen LogP contribution is 2.09. The molecular weight excluding hydrogens is 1670 g/mol. The van der Waals surface area contributed by atoms with Gasteiger partial charge in [0.1, 0.15) is 0 Å². The quantitative estimate of drug-likeness (QED) is 0.0276. The van der Waals surface area contributed by atoms with Gasteiger partial charge in [-0.05, 0) is 117 Å². The Morgan fingerprint density at radius 2 is 0.262 bits per heavy atom. The summed E-state index contributed by atoms with van der Waals surface area (Å²) >= 11 is 0. The first-order valence-corrected chi connectivity index (χ1v) is 47.6. The van der Waals surface area contributed by atoms with Crippen molar-refractivity contribution in [3.05, 3.63) is 0 Å². The van der Waals surface area contributed by atoms with Crippen LogP contribution in [0.25, 0.3) is 0 Å². The highest BCUT2D eigenvalue weighted by atomic mass is 16.2. The second kappa shape index (κ2) is 93.8. The number of hydrogen-bond donors (Lipinski definition) is 19. The predicted octanol–water partition coefficient (Wildman–Crippen LogP) is -2.69. The fraction of sp³-hybridized carbons (Fsp3) is 0.831. The first-order valence-electron chi connectivity index (χ1n) is 47.6. The minimum Gasteiger partial charge on any atom is -0.359 e. The van der Waals surface area contributed by atoms with Crippen molar-refractivity contribution in [2.45, 2.75) is 193 Å². The molecule has 0 aromatic rings. The summed E-state index contributed by atoms with van der Waals surface area (Å²) in [5.74, 6) is 0.274. The van der Waals surface area contributed by atoms with Gasteiger partial charge in [0.2, 0.25) is 88.6 Å². The normalized spacial score (nSPS) is 10.8. The summed E-state index contributed by atoms with van der Waals surface area (Å²) in [6, 6.07) is 0. The van der Waals surface area contributed by atoms with Crippen molar-refractivity contribution in [2.24, 2.45) is 0 Å². The Kier molecular flexibility index (Phi) is 92.3. The Hall–Kier alpha value is -8.39. The van der Waals surface area contributed by atoms with Gasteiger partial charge in [-0.1, -0.05) is 32.1 Å². The van der Waals surface area contributed by atoms with Crippen molar-refractivity contribution in [2.75, 3.05) is 296 Å². The molecule has 0 radical (unpaired) electrons. The number of amides is 15. The molecule has 0 spiro atoms. The van der Waals surface area contributed by atoms with Gasteiger partial charge in [0.15, 0.2) is 0 Å². The zero-order valence-electron chi connectivity index (χ0n) is 83.0. The Bertz CT molecular complexity index is 2800. The Labute approximate surface area is 780 Å². The summed E-state index contributed by atoms with van der Waals surface area (Å²) in [5, 5.41) is 53.2. The van der Waals surface area contributed by atoms with E-state index in [0.29, 0.717) is 188 Å². The molecule has 0 aliphatic rings. The largest absolute Gasteiger partial charge is 0.359 e. The van der Waals surface area contributed by atoms with Crippen LogP contribution in [0.2, 0.25) is 0 Å². The molecule has 0 atom stereocenters. The Morgan fingerprint density at radius 1 is 0.123 bits per heavy atom. The van der Waals surface area contributed by atoms with E-state index in [0.717, 1.165) is 194 Å². The summed E-state index contributed by atoms with van der Waals surface area (Å²) in [6.45, 7) is 21.8. The second-order valence-corrected chi connectivity index (χ2v) is 31.5. The van der Waals surface area contributed by atoms with Crippen LogP contribution in [0, 0.1) is 0 Å². The van der Waals surface area contributed by atoms with E-state index in [-0.39, 0.29) is 88.6 Å².